The molecule has 1 saturated carbocycles. The van der Waals surface area contributed by atoms with Gasteiger partial charge in [0.1, 0.15) is 0 Å². The minimum atomic E-state index is -0.366. The number of carbonyl (C=O) groups is 2. The molecule has 0 spiro atoms. The second-order valence-corrected chi connectivity index (χ2v) is 8.85. The number of para-hydroxylation sites is 1. The Labute approximate surface area is 160 Å². The Bertz CT molecular complexity index is 654. The highest BCUT2D eigenvalue weighted by molar-refractivity contribution is 8.01. The van der Waals surface area contributed by atoms with E-state index in [4.69, 9.17) is 0 Å². The first-order valence-electron chi connectivity index (χ1n) is 9.51. The molecule has 1 aliphatic heterocycles. The highest BCUT2D eigenvalue weighted by Gasteiger charge is 2.34. The van der Waals surface area contributed by atoms with Crippen LogP contribution in [0, 0.1) is 0 Å². The molecule has 1 aromatic rings. The van der Waals surface area contributed by atoms with Crippen molar-refractivity contribution in [2.24, 2.45) is 0 Å². The number of thioether (sulfide) groups is 1. The van der Waals surface area contributed by atoms with Gasteiger partial charge in [-0.25, -0.2) is 0 Å². The predicted octanol–water partition coefficient (Wildman–Crippen LogP) is 3.26. The molecule has 3 rings (SSSR count). The summed E-state index contributed by atoms with van der Waals surface area (Å²) >= 11 is 1.48. The molecule has 1 atom stereocenters. The lowest BCUT2D eigenvalue weighted by Gasteiger charge is -2.39. The van der Waals surface area contributed by atoms with Crippen LogP contribution in [0.15, 0.2) is 29.2 Å². The number of benzene rings is 1. The number of fused-ring (bicyclic) bond motifs is 1. The van der Waals surface area contributed by atoms with Crippen LogP contribution in [0.1, 0.15) is 44.9 Å². The predicted molar refractivity (Wildman–Crippen MR) is 106 cm³/mol. The van der Waals surface area contributed by atoms with Crippen LogP contribution < -0.4 is 10.6 Å². The van der Waals surface area contributed by atoms with Crippen LogP contribution in [0.2, 0.25) is 0 Å². The highest BCUT2D eigenvalue weighted by atomic mass is 32.2. The molecule has 2 aliphatic rings. The fourth-order valence-corrected chi connectivity index (χ4v) is 5.01. The molecular formula is C20H29N3O2S. The van der Waals surface area contributed by atoms with Crippen molar-refractivity contribution in [2.75, 3.05) is 26.0 Å². The van der Waals surface area contributed by atoms with Gasteiger partial charge in [-0.3, -0.25) is 9.59 Å². The maximum absolute atomic E-state index is 12.5. The van der Waals surface area contributed by atoms with Gasteiger partial charge in [0.25, 0.3) is 0 Å². The van der Waals surface area contributed by atoms with Gasteiger partial charge in [0, 0.05) is 23.4 Å². The summed E-state index contributed by atoms with van der Waals surface area (Å²) in [4.78, 5) is 28.1. The molecule has 0 radical (unpaired) electrons. The molecule has 6 heteroatoms. The molecule has 26 heavy (non-hydrogen) atoms. The third-order valence-electron chi connectivity index (χ3n) is 5.67. The summed E-state index contributed by atoms with van der Waals surface area (Å²) in [6, 6.07) is 7.73. The van der Waals surface area contributed by atoms with E-state index in [1.807, 2.05) is 24.3 Å². The number of hydrogen-bond donors (Lipinski definition) is 2. The lowest BCUT2D eigenvalue weighted by molar-refractivity contribution is -0.124. The van der Waals surface area contributed by atoms with Crippen molar-refractivity contribution >= 4 is 29.3 Å². The molecule has 0 saturated heterocycles. The zero-order chi connectivity index (χ0) is 18.6. The molecule has 2 amide bonds. The molecule has 1 aromatic carbocycles. The van der Waals surface area contributed by atoms with Gasteiger partial charge in [0.15, 0.2) is 0 Å². The van der Waals surface area contributed by atoms with Gasteiger partial charge in [-0.05, 0) is 39.1 Å². The lowest BCUT2D eigenvalue weighted by atomic mass is 9.88. The Hall–Kier alpha value is -1.53. The molecule has 2 N–H and O–H groups in total. The maximum Gasteiger partial charge on any atom is 0.238 e. The van der Waals surface area contributed by atoms with Gasteiger partial charge in [0.05, 0.1) is 10.9 Å². The van der Waals surface area contributed by atoms with E-state index in [1.54, 1.807) is 0 Å². The van der Waals surface area contributed by atoms with Crippen LogP contribution in [0.3, 0.4) is 0 Å². The molecule has 1 aliphatic carbocycles. The van der Waals surface area contributed by atoms with Gasteiger partial charge in [-0.15, -0.1) is 11.8 Å². The molecule has 0 bridgehead atoms. The first kappa shape index (κ1) is 19.2. The maximum atomic E-state index is 12.5. The van der Waals surface area contributed by atoms with Crippen LogP contribution in [-0.4, -0.2) is 48.1 Å². The van der Waals surface area contributed by atoms with Crippen molar-refractivity contribution in [3.05, 3.63) is 24.3 Å². The van der Waals surface area contributed by atoms with Gasteiger partial charge in [-0.1, -0.05) is 37.8 Å². The topological polar surface area (TPSA) is 61.4 Å². The van der Waals surface area contributed by atoms with Crippen LogP contribution >= 0.6 is 11.8 Å². The molecule has 142 valence electrons. The van der Waals surface area contributed by atoms with Crippen LogP contribution in [0.5, 0.6) is 0 Å². The SMILES string of the molecule is CN(C)C1(CNC(=O)CC2Sc3ccccc3NC2=O)CCCCCC1. The summed E-state index contributed by atoms with van der Waals surface area (Å²) in [5.41, 5.74) is 0.880. The Kier molecular flexibility index (Phi) is 6.24. The Morgan fingerprint density at radius 3 is 2.62 bits per heavy atom. The number of nitrogens with zero attached hydrogens (tertiary/aromatic N) is 1. The summed E-state index contributed by atoms with van der Waals surface area (Å²) in [6.07, 6.45) is 7.44. The summed E-state index contributed by atoms with van der Waals surface area (Å²) in [6.45, 7) is 0.661. The van der Waals surface area contributed by atoms with Crippen molar-refractivity contribution in [3.63, 3.8) is 0 Å². The van der Waals surface area contributed by atoms with E-state index in [9.17, 15) is 9.59 Å². The van der Waals surface area contributed by atoms with E-state index in [1.165, 1.54) is 37.4 Å². The number of rotatable bonds is 5. The third kappa shape index (κ3) is 4.41. The normalized spacial score (nSPS) is 22.3. The average molecular weight is 376 g/mol. The molecule has 1 fully saturated rings. The molecular weight excluding hydrogens is 346 g/mol. The second kappa shape index (κ2) is 8.44. The van der Waals surface area contributed by atoms with Crippen molar-refractivity contribution in [3.8, 4) is 0 Å². The third-order valence-corrected chi connectivity index (χ3v) is 6.95. The standard InChI is InChI=1S/C20H29N3O2S/c1-23(2)20(11-7-3-4-8-12-20)14-21-18(24)13-17-19(25)22-15-9-5-6-10-16(15)26-17/h5-6,9-10,17H,3-4,7-8,11-14H2,1-2H3,(H,21,24)(H,22,25). The number of likely N-dealkylation sites (N-methyl/N-ethyl adjacent to an activating group) is 1. The van der Waals surface area contributed by atoms with Crippen LogP contribution in [0.25, 0.3) is 0 Å². The van der Waals surface area contributed by atoms with Gasteiger partial charge >= 0.3 is 0 Å². The zero-order valence-electron chi connectivity index (χ0n) is 15.7. The summed E-state index contributed by atoms with van der Waals surface area (Å²) in [5.74, 6) is -0.122. The van der Waals surface area contributed by atoms with Crippen molar-refractivity contribution < 1.29 is 9.59 Å². The van der Waals surface area contributed by atoms with Crippen LogP contribution in [-0.2, 0) is 9.59 Å². The minimum Gasteiger partial charge on any atom is -0.354 e. The number of anilines is 1. The van der Waals surface area contributed by atoms with Gasteiger partial charge in [0.2, 0.25) is 11.8 Å². The van der Waals surface area contributed by atoms with E-state index in [0.29, 0.717) is 6.54 Å². The molecule has 5 nitrogen and oxygen atoms in total. The lowest BCUT2D eigenvalue weighted by Crippen LogP contribution is -2.52. The van der Waals surface area contributed by atoms with Gasteiger partial charge < -0.3 is 15.5 Å². The fourth-order valence-electron chi connectivity index (χ4n) is 3.90. The van der Waals surface area contributed by atoms with Crippen molar-refractivity contribution in [2.45, 2.75) is 60.6 Å². The highest BCUT2D eigenvalue weighted by Crippen LogP contribution is 2.36. The number of carbonyl (C=O) groups excluding carboxylic acids is 2. The summed E-state index contributed by atoms with van der Waals surface area (Å²) in [7, 11) is 4.22. The van der Waals surface area contributed by atoms with E-state index in [2.05, 4.69) is 29.6 Å². The average Bonchev–Trinajstić information content (AvgIpc) is 2.87. The smallest absolute Gasteiger partial charge is 0.238 e. The fraction of sp³-hybridized carbons (Fsp3) is 0.600. The number of amides is 2. The second-order valence-electron chi connectivity index (χ2n) is 7.61. The summed E-state index contributed by atoms with van der Waals surface area (Å²) < 4.78 is 0. The molecule has 0 aromatic heterocycles. The Morgan fingerprint density at radius 2 is 1.92 bits per heavy atom. The quantitative estimate of drug-likeness (QED) is 0.776. The monoisotopic (exact) mass is 375 g/mol. The summed E-state index contributed by atoms with van der Waals surface area (Å²) in [5, 5.41) is 5.66. The molecule has 1 unspecified atom stereocenters. The Balaban J connectivity index is 1.57. The number of hydrogen-bond acceptors (Lipinski definition) is 4. The zero-order valence-corrected chi connectivity index (χ0v) is 16.5. The molecule has 1 heterocycles. The van der Waals surface area contributed by atoms with E-state index in [0.717, 1.165) is 23.4 Å². The van der Waals surface area contributed by atoms with Crippen LogP contribution in [0.4, 0.5) is 5.69 Å². The number of nitrogens with one attached hydrogen (secondary N) is 2. The van der Waals surface area contributed by atoms with E-state index in [-0.39, 0.29) is 29.0 Å². The Morgan fingerprint density at radius 1 is 1.23 bits per heavy atom. The van der Waals surface area contributed by atoms with E-state index < -0.39 is 0 Å². The van der Waals surface area contributed by atoms with Crippen molar-refractivity contribution in [1.82, 2.24) is 10.2 Å². The first-order valence-corrected chi connectivity index (χ1v) is 10.4. The van der Waals surface area contributed by atoms with E-state index >= 15 is 0 Å². The largest absolute Gasteiger partial charge is 0.354 e. The minimum absolute atomic E-state index is 0.0393. The van der Waals surface area contributed by atoms with Gasteiger partial charge in [-0.2, -0.15) is 0 Å². The first-order chi connectivity index (χ1) is 12.5. The van der Waals surface area contributed by atoms with Crippen molar-refractivity contribution in [1.29, 1.82) is 0 Å².